The van der Waals surface area contributed by atoms with Crippen molar-refractivity contribution in [3.05, 3.63) is 0 Å². The van der Waals surface area contributed by atoms with E-state index in [4.69, 9.17) is 5.73 Å². The zero-order chi connectivity index (χ0) is 14.1. The summed E-state index contributed by atoms with van der Waals surface area (Å²) in [6.45, 7) is 4.41. The Bertz CT molecular complexity index is 269. The van der Waals surface area contributed by atoms with E-state index in [0.29, 0.717) is 19.4 Å². The molecule has 0 aromatic heterocycles. The molecule has 2 atom stereocenters. The summed E-state index contributed by atoms with van der Waals surface area (Å²) in [4.78, 5) is 23.7. The Labute approximate surface area is 109 Å². The van der Waals surface area contributed by atoms with Crippen molar-refractivity contribution in [2.45, 2.75) is 38.8 Å². The van der Waals surface area contributed by atoms with Crippen LogP contribution < -0.4 is 21.7 Å². The summed E-state index contributed by atoms with van der Waals surface area (Å²) in [5.41, 5.74) is 5.43. The highest BCUT2D eigenvalue weighted by molar-refractivity contribution is 5.89. The highest BCUT2D eigenvalue weighted by Gasteiger charge is 2.25. The highest BCUT2D eigenvalue weighted by atomic mass is 16.2. The molecule has 0 radical (unpaired) electrons. The number of amides is 2. The van der Waals surface area contributed by atoms with Crippen LogP contribution in [0.5, 0.6) is 0 Å². The van der Waals surface area contributed by atoms with E-state index in [-0.39, 0.29) is 23.8 Å². The smallest absolute Gasteiger partial charge is 0.242 e. The van der Waals surface area contributed by atoms with Gasteiger partial charge in [-0.15, -0.1) is 0 Å². The molecular formula is C12H26N4O2. The van der Waals surface area contributed by atoms with E-state index in [1.165, 1.54) is 0 Å². The molecular weight excluding hydrogens is 232 g/mol. The number of carbonyl (C=O) groups excluding carboxylic acids is 2. The Kier molecular flexibility index (Phi) is 8.32. The van der Waals surface area contributed by atoms with Crippen molar-refractivity contribution in [2.75, 3.05) is 20.6 Å². The van der Waals surface area contributed by atoms with E-state index in [2.05, 4.69) is 16.0 Å². The molecule has 0 aromatic rings. The number of hydrogen-bond acceptors (Lipinski definition) is 4. The summed E-state index contributed by atoms with van der Waals surface area (Å²) >= 11 is 0. The second-order valence-corrected chi connectivity index (χ2v) is 4.62. The van der Waals surface area contributed by atoms with E-state index < -0.39 is 6.04 Å². The van der Waals surface area contributed by atoms with Gasteiger partial charge in [0.05, 0.1) is 6.04 Å². The molecule has 0 bridgehead atoms. The Morgan fingerprint density at radius 2 is 1.78 bits per heavy atom. The third-order valence-corrected chi connectivity index (χ3v) is 2.84. The summed E-state index contributed by atoms with van der Waals surface area (Å²) in [7, 11) is 3.29. The second kappa shape index (κ2) is 8.88. The predicted molar refractivity (Wildman–Crippen MR) is 72.0 cm³/mol. The molecule has 6 nitrogen and oxygen atoms in total. The van der Waals surface area contributed by atoms with Crippen molar-refractivity contribution in [1.29, 1.82) is 0 Å². The van der Waals surface area contributed by atoms with Crippen molar-refractivity contribution in [3.63, 3.8) is 0 Å². The molecule has 0 rings (SSSR count). The van der Waals surface area contributed by atoms with Crippen LogP contribution in [0.15, 0.2) is 0 Å². The average molecular weight is 258 g/mol. The van der Waals surface area contributed by atoms with Crippen molar-refractivity contribution < 1.29 is 9.59 Å². The van der Waals surface area contributed by atoms with Gasteiger partial charge < -0.3 is 21.7 Å². The maximum Gasteiger partial charge on any atom is 0.242 e. The second-order valence-electron chi connectivity index (χ2n) is 4.62. The largest absolute Gasteiger partial charge is 0.357 e. The number of carbonyl (C=O) groups is 2. The minimum atomic E-state index is -0.513. The third kappa shape index (κ3) is 5.46. The Morgan fingerprint density at radius 1 is 1.17 bits per heavy atom. The summed E-state index contributed by atoms with van der Waals surface area (Å²) in [6, 6.07) is -0.810. The monoisotopic (exact) mass is 258 g/mol. The lowest BCUT2D eigenvalue weighted by Crippen LogP contribution is -2.53. The SMILES string of the molecule is CNC(=O)C(CCCN)NC(=O)C(NC)C(C)C. The molecule has 0 fully saturated rings. The number of likely N-dealkylation sites (N-methyl/N-ethyl adjacent to an activating group) is 2. The Balaban J connectivity index is 4.55. The van der Waals surface area contributed by atoms with Crippen LogP contribution in [0, 0.1) is 5.92 Å². The Hall–Kier alpha value is -1.14. The molecule has 2 amide bonds. The average Bonchev–Trinajstić information content (AvgIpc) is 2.33. The van der Waals surface area contributed by atoms with Gasteiger partial charge in [-0.1, -0.05) is 13.8 Å². The van der Waals surface area contributed by atoms with Crippen LogP contribution in [-0.2, 0) is 9.59 Å². The topological polar surface area (TPSA) is 96.2 Å². The van der Waals surface area contributed by atoms with Gasteiger partial charge in [-0.3, -0.25) is 9.59 Å². The number of hydrogen-bond donors (Lipinski definition) is 4. The van der Waals surface area contributed by atoms with Crippen LogP contribution in [0.4, 0.5) is 0 Å². The first-order valence-corrected chi connectivity index (χ1v) is 6.37. The molecule has 0 aliphatic carbocycles. The quantitative estimate of drug-likeness (QED) is 0.458. The molecule has 2 unspecified atom stereocenters. The van der Waals surface area contributed by atoms with Crippen molar-refractivity contribution in [1.82, 2.24) is 16.0 Å². The first kappa shape index (κ1) is 16.9. The van der Waals surface area contributed by atoms with Gasteiger partial charge in [0.25, 0.3) is 0 Å². The standard InChI is InChI=1S/C12H26N4O2/c1-8(2)10(14-3)12(18)16-9(6-5-7-13)11(17)15-4/h8-10,14H,5-7,13H2,1-4H3,(H,15,17)(H,16,18). The normalized spacial score (nSPS) is 14.1. The first-order chi connectivity index (χ1) is 8.47. The lowest BCUT2D eigenvalue weighted by atomic mass is 10.0. The van der Waals surface area contributed by atoms with Gasteiger partial charge in [-0.25, -0.2) is 0 Å². The van der Waals surface area contributed by atoms with Gasteiger partial charge in [-0.05, 0) is 32.4 Å². The first-order valence-electron chi connectivity index (χ1n) is 6.37. The third-order valence-electron chi connectivity index (χ3n) is 2.84. The van der Waals surface area contributed by atoms with Gasteiger partial charge in [-0.2, -0.15) is 0 Å². The van der Waals surface area contributed by atoms with Gasteiger partial charge >= 0.3 is 0 Å². The molecule has 0 aromatic carbocycles. The fourth-order valence-electron chi connectivity index (χ4n) is 1.79. The molecule has 5 N–H and O–H groups in total. The van der Waals surface area contributed by atoms with Crippen molar-refractivity contribution in [3.8, 4) is 0 Å². The summed E-state index contributed by atoms with van der Waals surface area (Å²) in [5.74, 6) is -0.177. The van der Waals surface area contributed by atoms with Crippen LogP contribution in [0.25, 0.3) is 0 Å². The zero-order valence-electron chi connectivity index (χ0n) is 11.7. The molecule has 106 valence electrons. The molecule has 18 heavy (non-hydrogen) atoms. The van der Waals surface area contributed by atoms with Gasteiger partial charge in [0.2, 0.25) is 11.8 Å². The molecule has 0 saturated heterocycles. The summed E-state index contributed by atoms with van der Waals surface area (Å²) < 4.78 is 0. The van der Waals surface area contributed by atoms with Crippen molar-refractivity contribution in [2.24, 2.45) is 11.7 Å². The van der Waals surface area contributed by atoms with E-state index in [9.17, 15) is 9.59 Å². The molecule has 0 heterocycles. The van der Waals surface area contributed by atoms with Crippen LogP contribution >= 0.6 is 0 Å². The van der Waals surface area contributed by atoms with E-state index in [1.807, 2.05) is 13.8 Å². The van der Waals surface area contributed by atoms with Crippen molar-refractivity contribution >= 4 is 11.8 Å². The Morgan fingerprint density at radius 3 is 2.17 bits per heavy atom. The minimum absolute atomic E-state index is 0.155. The summed E-state index contributed by atoms with van der Waals surface area (Å²) in [6.07, 6.45) is 1.25. The molecule has 0 saturated carbocycles. The van der Waals surface area contributed by atoms with Gasteiger partial charge in [0, 0.05) is 7.05 Å². The van der Waals surface area contributed by atoms with E-state index >= 15 is 0 Å². The number of nitrogens with one attached hydrogen (secondary N) is 3. The zero-order valence-corrected chi connectivity index (χ0v) is 11.7. The van der Waals surface area contributed by atoms with E-state index in [1.54, 1.807) is 14.1 Å². The van der Waals surface area contributed by atoms with Crippen LogP contribution in [0.3, 0.4) is 0 Å². The van der Waals surface area contributed by atoms with Gasteiger partial charge in [0.1, 0.15) is 6.04 Å². The molecule has 6 heteroatoms. The maximum atomic E-state index is 12.0. The number of rotatable bonds is 8. The maximum absolute atomic E-state index is 12.0. The van der Waals surface area contributed by atoms with Gasteiger partial charge in [0.15, 0.2) is 0 Å². The molecule has 0 spiro atoms. The number of nitrogens with two attached hydrogens (primary N) is 1. The van der Waals surface area contributed by atoms with E-state index in [0.717, 1.165) is 0 Å². The fraction of sp³-hybridized carbons (Fsp3) is 0.833. The lowest BCUT2D eigenvalue weighted by molar-refractivity contribution is -0.130. The molecule has 0 aliphatic heterocycles. The fourth-order valence-corrected chi connectivity index (χ4v) is 1.79. The lowest BCUT2D eigenvalue weighted by Gasteiger charge is -2.23. The van der Waals surface area contributed by atoms with Crippen LogP contribution in [0.1, 0.15) is 26.7 Å². The summed E-state index contributed by atoms with van der Waals surface area (Å²) in [5, 5.41) is 8.27. The molecule has 0 aliphatic rings. The van der Waals surface area contributed by atoms with Crippen LogP contribution in [-0.4, -0.2) is 44.5 Å². The predicted octanol–water partition coefficient (Wildman–Crippen LogP) is -0.800. The van der Waals surface area contributed by atoms with Crippen LogP contribution in [0.2, 0.25) is 0 Å². The minimum Gasteiger partial charge on any atom is -0.357 e. The highest BCUT2D eigenvalue weighted by Crippen LogP contribution is 2.03.